The maximum Gasteiger partial charge on any atom is 0.419 e. The third kappa shape index (κ3) is 3.03. The van der Waals surface area contributed by atoms with E-state index in [1.54, 1.807) is 0 Å². The number of nitrogens with zero attached hydrogens (tertiary/aromatic N) is 1. The molecule has 0 heterocycles. The molecule has 0 aliphatic rings. The van der Waals surface area contributed by atoms with Crippen molar-refractivity contribution in [1.29, 1.82) is 0 Å². The number of nitrogens with one attached hydrogen (secondary N) is 1. The quantitative estimate of drug-likeness (QED) is 0.377. The van der Waals surface area contributed by atoms with Gasteiger partial charge in [-0.05, 0) is 12.2 Å². The van der Waals surface area contributed by atoms with Gasteiger partial charge >= 0.3 is 6.18 Å². The Kier molecular flexibility index (Phi) is 3.70. The molecule has 1 rings (SSSR count). The number of benzene rings is 1. The lowest BCUT2D eigenvalue weighted by atomic mass is 10.1. The first-order chi connectivity index (χ1) is 8.12. The number of nitrogens with two attached hydrogens (primary N) is 1. The highest BCUT2D eigenvalue weighted by atomic mass is 32.1. The number of hydrogen-bond donors (Lipinski definition) is 2. The third-order valence-corrected chi connectivity index (χ3v) is 1.95. The van der Waals surface area contributed by atoms with Gasteiger partial charge in [0.05, 0.1) is 10.5 Å². The molecule has 0 bridgehead atoms. The molecule has 0 atom stereocenters. The van der Waals surface area contributed by atoms with Gasteiger partial charge in [0.15, 0.2) is 5.11 Å². The molecule has 0 unspecified atom stereocenters. The van der Waals surface area contributed by atoms with Crippen LogP contribution in [0.3, 0.4) is 0 Å². The highest BCUT2D eigenvalue weighted by Gasteiger charge is 2.37. The van der Waals surface area contributed by atoms with Gasteiger partial charge in [0.1, 0.15) is 11.5 Å². The SMILES string of the molecule is NC(=S)Nc1cc(F)c(C(F)(F)F)cc1[N+](=O)[O-]. The third-order valence-electron chi connectivity index (χ3n) is 1.85. The summed E-state index contributed by atoms with van der Waals surface area (Å²) in [4.78, 5) is 9.48. The van der Waals surface area contributed by atoms with Gasteiger partial charge in [-0.1, -0.05) is 0 Å². The van der Waals surface area contributed by atoms with Crippen LogP contribution in [-0.4, -0.2) is 10.0 Å². The molecule has 98 valence electrons. The van der Waals surface area contributed by atoms with Crippen LogP contribution in [0.2, 0.25) is 0 Å². The van der Waals surface area contributed by atoms with Gasteiger partial charge in [0.2, 0.25) is 0 Å². The Hall–Kier alpha value is -1.97. The first-order valence-electron chi connectivity index (χ1n) is 4.24. The summed E-state index contributed by atoms with van der Waals surface area (Å²) < 4.78 is 50.2. The fraction of sp³-hybridized carbons (Fsp3) is 0.125. The van der Waals surface area contributed by atoms with Crippen LogP contribution >= 0.6 is 12.2 Å². The Labute approximate surface area is 103 Å². The van der Waals surface area contributed by atoms with E-state index in [-0.39, 0.29) is 6.07 Å². The lowest BCUT2D eigenvalue weighted by Gasteiger charge is -2.10. The van der Waals surface area contributed by atoms with Gasteiger partial charge in [0, 0.05) is 12.1 Å². The smallest absolute Gasteiger partial charge is 0.376 e. The average molecular weight is 283 g/mol. The minimum absolute atomic E-state index is 0.0793. The van der Waals surface area contributed by atoms with Crippen LogP contribution in [0.5, 0.6) is 0 Å². The standard InChI is InChI=1S/C8H5F4N3O2S/c9-4-2-5(14-7(13)18)6(15(16)17)1-3(4)8(10,11)12/h1-2H,(H3,13,14,18). The highest BCUT2D eigenvalue weighted by Crippen LogP contribution is 2.37. The number of nitro groups is 1. The Morgan fingerprint density at radius 3 is 2.39 bits per heavy atom. The Morgan fingerprint density at radius 2 is 2.00 bits per heavy atom. The molecule has 18 heavy (non-hydrogen) atoms. The monoisotopic (exact) mass is 283 g/mol. The van der Waals surface area contributed by atoms with Gasteiger partial charge in [-0.3, -0.25) is 10.1 Å². The number of nitro benzene ring substituents is 1. The second-order valence-corrected chi connectivity index (χ2v) is 3.53. The van der Waals surface area contributed by atoms with Crippen molar-refractivity contribution in [2.75, 3.05) is 5.32 Å². The molecule has 0 aliphatic carbocycles. The summed E-state index contributed by atoms with van der Waals surface area (Å²) in [5.74, 6) is -1.66. The lowest BCUT2D eigenvalue weighted by molar-refractivity contribution is -0.384. The van der Waals surface area contributed by atoms with Gasteiger partial charge in [-0.15, -0.1) is 0 Å². The minimum Gasteiger partial charge on any atom is -0.376 e. The van der Waals surface area contributed by atoms with Crippen molar-refractivity contribution in [3.63, 3.8) is 0 Å². The van der Waals surface area contributed by atoms with E-state index in [4.69, 9.17) is 5.73 Å². The van der Waals surface area contributed by atoms with Crippen LogP contribution in [0, 0.1) is 15.9 Å². The van der Waals surface area contributed by atoms with Crippen molar-refractivity contribution < 1.29 is 22.5 Å². The molecule has 0 aromatic heterocycles. The molecule has 0 amide bonds. The molecular weight excluding hydrogens is 278 g/mol. The van der Waals surface area contributed by atoms with Crippen LogP contribution in [0.4, 0.5) is 28.9 Å². The number of rotatable bonds is 2. The Morgan fingerprint density at radius 1 is 1.44 bits per heavy atom. The average Bonchev–Trinajstić information content (AvgIpc) is 2.13. The Balaban J connectivity index is 3.44. The molecule has 0 fully saturated rings. The molecule has 0 saturated heterocycles. The van der Waals surface area contributed by atoms with Gasteiger partial charge < -0.3 is 11.1 Å². The maximum atomic E-state index is 13.2. The van der Waals surface area contributed by atoms with Crippen molar-refractivity contribution in [2.24, 2.45) is 5.73 Å². The largest absolute Gasteiger partial charge is 0.419 e. The van der Waals surface area contributed by atoms with Gasteiger partial charge in [-0.2, -0.15) is 13.2 Å². The first-order valence-corrected chi connectivity index (χ1v) is 4.65. The predicted molar refractivity (Wildman–Crippen MR) is 58.5 cm³/mol. The highest BCUT2D eigenvalue weighted by molar-refractivity contribution is 7.80. The lowest BCUT2D eigenvalue weighted by Crippen LogP contribution is -2.20. The van der Waals surface area contributed by atoms with E-state index in [9.17, 15) is 27.7 Å². The summed E-state index contributed by atoms with van der Waals surface area (Å²) in [5.41, 5.74) is 1.77. The van der Waals surface area contributed by atoms with E-state index in [0.29, 0.717) is 6.07 Å². The fourth-order valence-electron chi connectivity index (χ4n) is 1.16. The summed E-state index contributed by atoms with van der Waals surface area (Å²) in [6.07, 6.45) is -5.03. The van der Waals surface area contributed by atoms with Crippen LogP contribution in [0.15, 0.2) is 12.1 Å². The molecule has 1 aromatic rings. The maximum absolute atomic E-state index is 13.2. The summed E-state index contributed by atoms with van der Waals surface area (Å²) in [5, 5.41) is 12.2. The molecule has 0 spiro atoms. The second kappa shape index (κ2) is 4.72. The normalized spacial score (nSPS) is 11.1. The minimum atomic E-state index is -5.03. The molecule has 0 radical (unpaired) electrons. The van der Waals surface area contributed by atoms with Crippen molar-refractivity contribution >= 4 is 28.7 Å². The van der Waals surface area contributed by atoms with E-state index in [1.165, 1.54) is 0 Å². The topological polar surface area (TPSA) is 81.2 Å². The number of alkyl halides is 3. The van der Waals surface area contributed by atoms with Crippen LogP contribution in [0.1, 0.15) is 5.56 Å². The van der Waals surface area contributed by atoms with Gasteiger partial charge in [0.25, 0.3) is 5.69 Å². The molecule has 0 aliphatic heterocycles. The molecule has 1 aromatic carbocycles. The summed E-state index contributed by atoms with van der Waals surface area (Å²) in [6.45, 7) is 0. The zero-order chi connectivity index (χ0) is 14.1. The molecule has 10 heteroatoms. The van der Waals surface area contributed by atoms with Crippen molar-refractivity contribution in [1.82, 2.24) is 0 Å². The van der Waals surface area contributed by atoms with Crippen LogP contribution in [0.25, 0.3) is 0 Å². The molecule has 0 saturated carbocycles. The first kappa shape index (κ1) is 14.1. The number of halogens is 4. The van der Waals surface area contributed by atoms with E-state index in [1.807, 2.05) is 5.32 Å². The molecule has 3 N–H and O–H groups in total. The fourth-order valence-corrected chi connectivity index (χ4v) is 1.27. The van der Waals surface area contributed by atoms with E-state index >= 15 is 0 Å². The summed E-state index contributed by atoms with van der Waals surface area (Å²) in [6, 6.07) is 0.399. The van der Waals surface area contributed by atoms with Crippen molar-refractivity contribution in [3.8, 4) is 0 Å². The van der Waals surface area contributed by atoms with Gasteiger partial charge in [-0.25, -0.2) is 4.39 Å². The van der Waals surface area contributed by atoms with E-state index in [0.717, 1.165) is 0 Å². The van der Waals surface area contributed by atoms with Crippen molar-refractivity contribution in [3.05, 3.63) is 33.6 Å². The van der Waals surface area contributed by atoms with Crippen LogP contribution < -0.4 is 11.1 Å². The zero-order valence-corrected chi connectivity index (χ0v) is 9.23. The number of anilines is 1. The number of thiocarbonyl (C=S) groups is 1. The van der Waals surface area contributed by atoms with Crippen LogP contribution in [-0.2, 0) is 6.18 Å². The summed E-state index contributed by atoms with van der Waals surface area (Å²) >= 11 is 4.37. The molecular formula is C8H5F4N3O2S. The Bertz CT molecular complexity index is 518. The number of hydrogen-bond acceptors (Lipinski definition) is 3. The van der Waals surface area contributed by atoms with Crippen molar-refractivity contribution in [2.45, 2.75) is 6.18 Å². The van der Waals surface area contributed by atoms with E-state index in [2.05, 4.69) is 12.2 Å². The molecule has 5 nitrogen and oxygen atoms in total. The summed E-state index contributed by atoms with van der Waals surface area (Å²) in [7, 11) is 0. The van der Waals surface area contributed by atoms with E-state index < -0.39 is 39.0 Å². The zero-order valence-electron chi connectivity index (χ0n) is 8.42. The second-order valence-electron chi connectivity index (χ2n) is 3.09. The predicted octanol–water partition coefficient (Wildman–Crippen LogP) is 2.41.